The lowest BCUT2D eigenvalue weighted by Gasteiger charge is -2.05. The maximum atomic E-state index is 11.1. The van der Waals surface area contributed by atoms with Crippen LogP contribution in [0.15, 0.2) is 12.1 Å². The molecule has 18 heavy (non-hydrogen) atoms. The van der Waals surface area contributed by atoms with Crippen molar-refractivity contribution < 1.29 is 19.1 Å². The van der Waals surface area contributed by atoms with Crippen molar-refractivity contribution in [3.8, 4) is 0 Å². The molecule has 7 heteroatoms. The average Bonchev–Trinajstić information content (AvgIpc) is 2.39. The minimum atomic E-state index is -0.541. The van der Waals surface area contributed by atoms with E-state index in [9.17, 15) is 9.59 Å². The highest BCUT2D eigenvalue weighted by molar-refractivity contribution is 5.86. The summed E-state index contributed by atoms with van der Waals surface area (Å²) in [5, 5.41) is 10.3. The topological polar surface area (TPSA) is 90.4 Å². The second-order valence-electron chi connectivity index (χ2n) is 3.28. The quantitative estimate of drug-likeness (QED) is 0.743. The van der Waals surface area contributed by atoms with Gasteiger partial charge >= 0.3 is 11.9 Å². The van der Waals surface area contributed by atoms with E-state index < -0.39 is 5.97 Å². The number of nitrogens with zero attached hydrogens (tertiary/aromatic N) is 2. The molecule has 7 nitrogen and oxygen atoms in total. The first-order valence-corrected chi connectivity index (χ1v) is 5.49. The highest BCUT2D eigenvalue weighted by Gasteiger charge is 2.07. The van der Waals surface area contributed by atoms with Gasteiger partial charge in [-0.3, -0.25) is 4.79 Å². The Morgan fingerprint density at radius 3 is 2.67 bits per heavy atom. The van der Waals surface area contributed by atoms with Crippen LogP contribution in [-0.2, 0) is 14.3 Å². The minimum Gasteiger partial charge on any atom is -0.466 e. The number of methoxy groups -OCH3 is 1. The van der Waals surface area contributed by atoms with E-state index in [1.54, 1.807) is 13.0 Å². The molecule has 1 aromatic heterocycles. The normalized spacial score (nSPS) is 9.67. The predicted molar refractivity (Wildman–Crippen MR) is 63.1 cm³/mol. The molecule has 1 N–H and O–H groups in total. The van der Waals surface area contributed by atoms with E-state index >= 15 is 0 Å². The Hall–Kier alpha value is -2.18. The van der Waals surface area contributed by atoms with Crippen LogP contribution in [-0.4, -0.2) is 42.4 Å². The van der Waals surface area contributed by atoms with E-state index in [0.29, 0.717) is 19.0 Å². The molecule has 0 aliphatic rings. The summed E-state index contributed by atoms with van der Waals surface area (Å²) in [4.78, 5) is 22.1. The number of ether oxygens (including phenoxy) is 2. The minimum absolute atomic E-state index is 0.133. The summed E-state index contributed by atoms with van der Waals surface area (Å²) >= 11 is 0. The maximum Gasteiger partial charge on any atom is 0.358 e. The molecular weight excluding hydrogens is 238 g/mol. The van der Waals surface area contributed by atoms with Crippen LogP contribution in [0.25, 0.3) is 0 Å². The number of carbonyl (C=O) groups is 2. The zero-order chi connectivity index (χ0) is 13.4. The predicted octanol–water partition coefficient (Wildman–Crippen LogP) is 0.628. The number of rotatable bonds is 6. The van der Waals surface area contributed by atoms with Crippen molar-refractivity contribution in [1.82, 2.24) is 10.2 Å². The molecule has 0 bridgehead atoms. The second-order valence-corrected chi connectivity index (χ2v) is 3.28. The lowest BCUT2D eigenvalue weighted by Crippen LogP contribution is -2.13. The largest absolute Gasteiger partial charge is 0.466 e. The highest BCUT2D eigenvalue weighted by Crippen LogP contribution is 2.03. The summed E-state index contributed by atoms with van der Waals surface area (Å²) in [6.07, 6.45) is 0.244. The van der Waals surface area contributed by atoms with Crippen LogP contribution in [0.5, 0.6) is 0 Å². The van der Waals surface area contributed by atoms with Gasteiger partial charge in [0, 0.05) is 6.54 Å². The number of hydrogen-bond acceptors (Lipinski definition) is 7. The Bertz CT molecular complexity index is 405. The molecule has 0 saturated heterocycles. The Balaban J connectivity index is 2.40. The molecule has 0 aliphatic carbocycles. The third kappa shape index (κ3) is 4.36. The standard InChI is InChI=1S/C11H15N3O4/c1-3-18-10(15)6-7-12-9-5-4-8(13-14-9)11(16)17-2/h4-5H,3,6-7H2,1-2H3,(H,12,14). The Kier molecular flexibility index (Phi) is 5.56. The first kappa shape index (κ1) is 13.9. The smallest absolute Gasteiger partial charge is 0.358 e. The molecule has 0 unspecified atom stereocenters. The first-order chi connectivity index (χ1) is 8.67. The Morgan fingerprint density at radius 1 is 1.33 bits per heavy atom. The van der Waals surface area contributed by atoms with Gasteiger partial charge in [0.2, 0.25) is 0 Å². The maximum absolute atomic E-state index is 11.1. The monoisotopic (exact) mass is 253 g/mol. The van der Waals surface area contributed by atoms with Crippen molar-refractivity contribution in [3.63, 3.8) is 0 Å². The summed E-state index contributed by atoms with van der Waals surface area (Å²) in [7, 11) is 1.27. The number of esters is 2. The van der Waals surface area contributed by atoms with E-state index in [1.165, 1.54) is 13.2 Å². The van der Waals surface area contributed by atoms with E-state index in [1.807, 2.05) is 0 Å². The van der Waals surface area contributed by atoms with Crippen molar-refractivity contribution in [2.24, 2.45) is 0 Å². The van der Waals surface area contributed by atoms with Gasteiger partial charge in [0.25, 0.3) is 0 Å². The number of carbonyl (C=O) groups excluding carboxylic acids is 2. The molecule has 98 valence electrons. The third-order valence-corrected chi connectivity index (χ3v) is 2.00. The second kappa shape index (κ2) is 7.21. The Morgan fingerprint density at radius 2 is 2.11 bits per heavy atom. The SMILES string of the molecule is CCOC(=O)CCNc1ccc(C(=O)OC)nn1. The van der Waals surface area contributed by atoms with Crippen molar-refractivity contribution >= 4 is 17.8 Å². The molecule has 0 spiro atoms. The third-order valence-electron chi connectivity index (χ3n) is 2.00. The fourth-order valence-electron chi connectivity index (χ4n) is 1.17. The van der Waals surface area contributed by atoms with Crippen LogP contribution in [0.2, 0.25) is 0 Å². The van der Waals surface area contributed by atoms with E-state index in [4.69, 9.17) is 4.74 Å². The van der Waals surface area contributed by atoms with E-state index in [0.717, 1.165) is 0 Å². The molecule has 0 atom stereocenters. The molecule has 0 radical (unpaired) electrons. The summed E-state index contributed by atoms with van der Waals surface area (Å²) in [6.45, 7) is 2.51. The summed E-state index contributed by atoms with van der Waals surface area (Å²) in [6, 6.07) is 3.08. The van der Waals surface area contributed by atoms with Crippen LogP contribution >= 0.6 is 0 Å². The number of aromatic nitrogens is 2. The van der Waals surface area contributed by atoms with Crippen molar-refractivity contribution in [2.75, 3.05) is 25.6 Å². The molecule has 0 aliphatic heterocycles. The number of hydrogen-bond donors (Lipinski definition) is 1. The van der Waals surface area contributed by atoms with Crippen LogP contribution in [0.3, 0.4) is 0 Å². The molecule has 0 aromatic carbocycles. The summed E-state index contributed by atoms with van der Waals surface area (Å²) in [5.74, 6) is -0.336. The van der Waals surface area contributed by atoms with Gasteiger partial charge in [0.05, 0.1) is 20.1 Å². The first-order valence-electron chi connectivity index (χ1n) is 5.49. The van der Waals surface area contributed by atoms with Crippen molar-refractivity contribution in [3.05, 3.63) is 17.8 Å². The van der Waals surface area contributed by atoms with Crippen LogP contribution in [0, 0.1) is 0 Å². The zero-order valence-electron chi connectivity index (χ0n) is 10.3. The molecule has 0 amide bonds. The zero-order valence-corrected chi connectivity index (χ0v) is 10.3. The van der Waals surface area contributed by atoms with Gasteiger partial charge in [-0.15, -0.1) is 10.2 Å². The van der Waals surface area contributed by atoms with Gasteiger partial charge in [0.15, 0.2) is 5.69 Å². The van der Waals surface area contributed by atoms with Gasteiger partial charge in [-0.25, -0.2) is 4.79 Å². The van der Waals surface area contributed by atoms with Gasteiger partial charge < -0.3 is 14.8 Å². The van der Waals surface area contributed by atoms with Crippen molar-refractivity contribution in [1.29, 1.82) is 0 Å². The van der Waals surface area contributed by atoms with Crippen LogP contribution in [0.1, 0.15) is 23.8 Å². The number of anilines is 1. The summed E-state index contributed by atoms with van der Waals surface area (Å²) < 4.78 is 9.26. The average molecular weight is 253 g/mol. The molecule has 1 aromatic rings. The molecular formula is C11H15N3O4. The molecule has 1 heterocycles. The van der Waals surface area contributed by atoms with E-state index in [-0.39, 0.29) is 18.1 Å². The van der Waals surface area contributed by atoms with Gasteiger partial charge in [-0.05, 0) is 19.1 Å². The van der Waals surface area contributed by atoms with E-state index in [2.05, 4.69) is 20.3 Å². The molecule has 1 rings (SSSR count). The molecule has 0 fully saturated rings. The molecule has 0 saturated carbocycles. The highest BCUT2D eigenvalue weighted by atomic mass is 16.5. The fraction of sp³-hybridized carbons (Fsp3) is 0.455. The van der Waals surface area contributed by atoms with Gasteiger partial charge in [-0.1, -0.05) is 0 Å². The van der Waals surface area contributed by atoms with Crippen LogP contribution in [0.4, 0.5) is 5.82 Å². The van der Waals surface area contributed by atoms with Gasteiger partial charge in [0.1, 0.15) is 5.82 Å². The lowest BCUT2D eigenvalue weighted by atomic mass is 10.4. The van der Waals surface area contributed by atoms with Crippen LogP contribution < -0.4 is 5.32 Å². The summed E-state index contributed by atoms with van der Waals surface area (Å²) in [5.41, 5.74) is 0.133. The fourth-order valence-corrected chi connectivity index (χ4v) is 1.17. The number of nitrogens with one attached hydrogen (secondary N) is 1. The van der Waals surface area contributed by atoms with Gasteiger partial charge in [-0.2, -0.15) is 0 Å². The Labute approximate surface area is 104 Å². The lowest BCUT2D eigenvalue weighted by molar-refractivity contribution is -0.142. The van der Waals surface area contributed by atoms with Crippen molar-refractivity contribution in [2.45, 2.75) is 13.3 Å².